The van der Waals surface area contributed by atoms with Crippen LogP contribution in [0.25, 0.3) is 0 Å². The maximum atomic E-state index is 12.4. The molecule has 0 unspecified atom stereocenters. The molecule has 25 heavy (non-hydrogen) atoms. The van der Waals surface area contributed by atoms with Crippen LogP contribution >= 0.6 is 0 Å². The van der Waals surface area contributed by atoms with Crippen molar-refractivity contribution in [3.05, 3.63) is 29.8 Å². The highest BCUT2D eigenvalue weighted by Gasteiger charge is 2.23. The van der Waals surface area contributed by atoms with Crippen molar-refractivity contribution in [1.82, 2.24) is 15.1 Å². The molecule has 1 aromatic carbocycles. The molecule has 0 aliphatic carbocycles. The van der Waals surface area contributed by atoms with Gasteiger partial charge in [0, 0.05) is 64.0 Å². The Morgan fingerprint density at radius 2 is 1.84 bits per heavy atom. The number of carbonyl (C=O) groups is 1. The van der Waals surface area contributed by atoms with Gasteiger partial charge in [0.05, 0.1) is 0 Å². The fraction of sp³-hybridized carbons (Fsp3) is 0.650. The average molecular weight is 345 g/mol. The predicted octanol–water partition coefficient (Wildman–Crippen LogP) is 1.72. The maximum absolute atomic E-state index is 12.4. The number of amides is 1. The van der Waals surface area contributed by atoms with Gasteiger partial charge in [-0.1, -0.05) is 12.1 Å². The van der Waals surface area contributed by atoms with Gasteiger partial charge in [-0.2, -0.15) is 0 Å². The molecular formula is C20H32N4O. The Kier molecular flexibility index (Phi) is 6.32. The quantitative estimate of drug-likeness (QED) is 0.883. The summed E-state index contributed by atoms with van der Waals surface area (Å²) >= 11 is 0. The Bertz CT molecular complexity index is 561. The van der Waals surface area contributed by atoms with E-state index in [0.29, 0.717) is 18.4 Å². The molecule has 0 aromatic heterocycles. The molecule has 2 fully saturated rings. The second-order valence-electron chi connectivity index (χ2n) is 7.36. The molecule has 5 nitrogen and oxygen atoms in total. The number of piperidine rings is 1. The minimum atomic E-state index is 0.329. The van der Waals surface area contributed by atoms with Gasteiger partial charge in [0.1, 0.15) is 0 Å². The van der Waals surface area contributed by atoms with E-state index in [0.717, 1.165) is 58.7 Å². The van der Waals surface area contributed by atoms with Crippen molar-refractivity contribution >= 4 is 11.6 Å². The van der Waals surface area contributed by atoms with Crippen molar-refractivity contribution in [2.45, 2.75) is 32.2 Å². The van der Waals surface area contributed by atoms with E-state index >= 15 is 0 Å². The van der Waals surface area contributed by atoms with Crippen LogP contribution in [0.3, 0.4) is 0 Å². The van der Waals surface area contributed by atoms with E-state index in [4.69, 9.17) is 0 Å². The van der Waals surface area contributed by atoms with E-state index in [1.807, 2.05) is 7.05 Å². The summed E-state index contributed by atoms with van der Waals surface area (Å²) < 4.78 is 0. The summed E-state index contributed by atoms with van der Waals surface area (Å²) in [7, 11) is 2.01. The van der Waals surface area contributed by atoms with E-state index < -0.39 is 0 Å². The van der Waals surface area contributed by atoms with Gasteiger partial charge in [-0.25, -0.2) is 0 Å². The third-order valence-corrected chi connectivity index (χ3v) is 5.64. The smallest absolute Gasteiger partial charge is 0.223 e. The van der Waals surface area contributed by atoms with Crippen molar-refractivity contribution in [2.24, 2.45) is 0 Å². The van der Waals surface area contributed by atoms with Gasteiger partial charge in [-0.3, -0.25) is 9.69 Å². The van der Waals surface area contributed by atoms with E-state index in [1.165, 1.54) is 11.3 Å². The van der Waals surface area contributed by atoms with Crippen molar-refractivity contribution in [1.29, 1.82) is 0 Å². The SMILES string of the molecule is CNC1CCN(C(=O)CCN2CCN(c3cccc(C)c3)CC2)CC1. The molecule has 0 spiro atoms. The Balaban J connectivity index is 1.38. The minimum absolute atomic E-state index is 0.329. The van der Waals surface area contributed by atoms with Crippen LogP contribution in [-0.4, -0.2) is 74.6 Å². The molecule has 138 valence electrons. The maximum Gasteiger partial charge on any atom is 0.223 e. The lowest BCUT2D eigenvalue weighted by molar-refractivity contribution is -0.132. The molecule has 1 N–H and O–H groups in total. The van der Waals surface area contributed by atoms with Gasteiger partial charge in [0.2, 0.25) is 5.91 Å². The molecule has 0 bridgehead atoms. The summed E-state index contributed by atoms with van der Waals surface area (Å²) in [5, 5.41) is 3.32. The molecule has 0 atom stereocenters. The van der Waals surface area contributed by atoms with Crippen LogP contribution < -0.4 is 10.2 Å². The normalized spacial score (nSPS) is 20.1. The van der Waals surface area contributed by atoms with Crippen LogP contribution in [0, 0.1) is 6.92 Å². The summed E-state index contributed by atoms with van der Waals surface area (Å²) in [6.07, 6.45) is 2.82. The van der Waals surface area contributed by atoms with E-state index in [9.17, 15) is 4.79 Å². The van der Waals surface area contributed by atoms with E-state index in [1.54, 1.807) is 0 Å². The van der Waals surface area contributed by atoms with Crippen molar-refractivity contribution < 1.29 is 4.79 Å². The van der Waals surface area contributed by atoms with Crippen LogP contribution in [-0.2, 0) is 4.79 Å². The number of nitrogens with one attached hydrogen (secondary N) is 1. The van der Waals surface area contributed by atoms with Crippen LogP contribution in [0.2, 0.25) is 0 Å². The number of benzene rings is 1. The molecule has 0 radical (unpaired) electrons. The highest BCUT2D eigenvalue weighted by atomic mass is 16.2. The fourth-order valence-corrected chi connectivity index (χ4v) is 3.88. The second-order valence-corrected chi connectivity index (χ2v) is 7.36. The number of hydrogen-bond donors (Lipinski definition) is 1. The molecule has 2 heterocycles. The summed E-state index contributed by atoms with van der Waals surface area (Å²) in [6.45, 7) is 9.04. The molecule has 3 rings (SSSR count). The lowest BCUT2D eigenvalue weighted by atomic mass is 10.1. The highest BCUT2D eigenvalue weighted by molar-refractivity contribution is 5.76. The van der Waals surface area contributed by atoms with Gasteiger partial charge in [0.15, 0.2) is 0 Å². The zero-order chi connectivity index (χ0) is 17.6. The second kappa shape index (κ2) is 8.68. The molecule has 2 aliphatic heterocycles. The number of carbonyl (C=O) groups excluding carboxylic acids is 1. The Morgan fingerprint density at radius 1 is 1.12 bits per heavy atom. The standard InChI is InChI=1S/C20H32N4O/c1-17-4-3-5-19(16-17)23-14-12-22(13-15-23)9-8-20(25)24-10-6-18(21-2)7-11-24/h3-5,16,18,21H,6-15H2,1-2H3. The van der Waals surface area contributed by atoms with Gasteiger partial charge in [-0.15, -0.1) is 0 Å². The largest absolute Gasteiger partial charge is 0.369 e. The van der Waals surface area contributed by atoms with E-state index in [-0.39, 0.29) is 0 Å². The number of nitrogens with zero attached hydrogens (tertiary/aromatic N) is 3. The van der Waals surface area contributed by atoms with Crippen molar-refractivity contribution in [3.8, 4) is 0 Å². The van der Waals surface area contributed by atoms with Gasteiger partial charge in [0.25, 0.3) is 0 Å². The zero-order valence-corrected chi connectivity index (χ0v) is 15.7. The first-order valence-electron chi connectivity index (χ1n) is 9.65. The molecule has 5 heteroatoms. The molecule has 1 aromatic rings. The predicted molar refractivity (Wildman–Crippen MR) is 103 cm³/mol. The molecule has 0 saturated carbocycles. The molecular weight excluding hydrogens is 312 g/mol. The Labute approximate surface area is 152 Å². The highest BCUT2D eigenvalue weighted by Crippen LogP contribution is 2.18. The van der Waals surface area contributed by atoms with Crippen LogP contribution in [0.5, 0.6) is 0 Å². The minimum Gasteiger partial charge on any atom is -0.369 e. The van der Waals surface area contributed by atoms with Gasteiger partial charge >= 0.3 is 0 Å². The zero-order valence-electron chi connectivity index (χ0n) is 15.7. The lowest BCUT2D eigenvalue weighted by Crippen LogP contribution is -2.48. The van der Waals surface area contributed by atoms with Gasteiger partial charge in [-0.05, 0) is 44.5 Å². The number of piperazine rings is 1. The number of aryl methyl sites for hydroxylation is 1. The fourth-order valence-electron chi connectivity index (χ4n) is 3.88. The molecule has 2 saturated heterocycles. The number of anilines is 1. The van der Waals surface area contributed by atoms with Crippen molar-refractivity contribution in [3.63, 3.8) is 0 Å². The number of rotatable bonds is 5. The first kappa shape index (κ1) is 18.2. The summed E-state index contributed by atoms with van der Waals surface area (Å²) in [5.74, 6) is 0.329. The molecule has 2 aliphatic rings. The first-order chi connectivity index (χ1) is 12.2. The summed E-state index contributed by atoms with van der Waals surface area (Å²) in [6, 6.07) is 9.31. The number of likely N-dealkylation sites (tertiary alicyclic amines) is 1. The molecule has 1 amide bonds. The number of hydrogen-bond acceptors (Lipinski definition) is 4. The average Bonchev–Trinajstić information content (AvgIpc) is 2.66. The van der Waals surface area contributed by atoms with Crippen LogP contribution in [0.1, 0.15) is 24.8 Å². The lowest BCUT2D eigenvalue weighted by Gasteiger charge is -2.37. The first-order valence-corrected chi connectivity index (χ1v) is 9.65. The Morgan fingerprint density at radius 3 is 2.48 bits per heavy atom. The van der Waals surface area contributed by atoms with Crippen molar-refractivity contribution in [2.75, 3.05) is 57.8 Å². The third-order valence-electron chi connectivity index (χ3n) is 5.64. The third kappa shape index (κ3) is 4.95. The topological polar surface area (TPSA) is 38.8 Å². The van der Waals surface area contributed by atoms with Gasteiger partial charge < -0.3 is 15.1 Å². The summed E-state index contributed by atoms with van der Waals surface area (Å²) in [5.41, 5.74) is 2.63. The summed E-state index contributed by atoms with van der Waals surface area (Å²) in [4.78, 5) is 19.4. The van der Waals surface area contributed by atoms with Crippen LogP contribution in [0.15, 0.2) is 24.3 Å². The monoisotopic (exact) mass is 344 g/mol. The van der Waals surface area contributed by atoms with Crippen LogP contribution in [0.4, 0.5) is 5.69 Å². The Hall–Kier alpha value is -1.59. The van der Waals surface area contributed by atoms with E-state index in [2.05, 4.69) is 51.2 Å².